The molecular weight excluding hydrogens is 334 g/mol. The Balaban J connectivity index is 2.44. The number of nitrogens with zero attached hydrogens (tertiary/aromatic N) is 1. The summed E-state index contributed by atoms with van der Waals surface area (Å²) in [5.74, 6) is -1.50. The minimum Gasteiger partial charge on any atom is -0.478 e. The second-order valence-corrected chi connectivity index (χ2v) is 8.11. The van der Waals surface area contributed by atoms with E-state index in [9.17, 15) is 13.2 Å². The molecule has 1 aromatic carbocycles. The number of aromatic nitrogens is 1. The van der Waals surface area contributed by atoms with Crippen molar-refractivity contribution in [2.24, 2.45) is 0 Å². The van der Waals surface area contributed by atoms with Gasteiger partial charge in [0.25, 0.3) is 0 Å². The molecular formula is C13H12ClNO4S2. The number of hydrogen-bond acceptors (Lipinski definition) is 5. The molecule has 2 rings (SSSR count). The van der Waals surface area contributed by atoms with E-state index in [1.54, 1.807) is 6.92 Å². The van der Waals surface area contributed by atoms with Crippen molar-refractivity contribution in [2.75, 3.05) is 0 Å². The van der Waals surface area contributed by atoms with Crippen molar-refractivity contribution < 1.29 is 18.3 Å². The predicted molar refractivity (Wildman–Crippen MR) is 80.9 cm³/mol. The van der Waals surface area contributed by atoms with Gasteiger partial charge in [-0.2, -0.15) is 0 Å². The molecule has 0 fully saturated rings. The summed E-state index contributed by atoms with van der Waals surface area (Å²) in [5, 5.41) is 9.41. The van der Waals surface area contributed by atoms with Crippen LogP contribution in [-0.2, 0) is 15.6 Å². The second-order valence-electron chi connectivity index (χ2n) is 4.46. The fourth-order valence-electron chi connectivity index (χ4n) is 1.72. The maximum absolute atomic E-state index is 12.4. The molecule has 0 unspecified atom stereocenters. The lowest BCUT2D eigenvalue weighted by molar-refractivity contribution is 0.0696. The Bertz CT molecular complexity index is 792. The van der Waals surface area contributed by atoms with Crippen LogP contribution in [0.4, 0.5) is 0 Å². The van der Waals surface area contributed by atoms with E-state index in [1.165, 1.54) is 23.5 Å². The fourth-order valence-corrected chi connectivity index (χ4v) is 4.83. The molecule has 8 heteroatoms. The lowest BCUT2D eigenvalue weighted by Crippen LogP contribution is -2.07. The van der Waals surface area contributed by atoms with Gasteiger partial charge in [-0.05, 0) is 32.0 Å². The number of carboxylic acids is 1. The molecule has 112 valence electrons. The average molecular weight is 346 g/mol. The first kappa shape index (κ1) is 15.9. The minimum absolute atomic E-state index is 0.00463. The third-order valence-corrected chi connectivity index (χ3v) is 6.26. The third-order valence-electron chi connectivity index (χ3n) is 2.90. The van der Waals surface area contributed by atoms with E-state index in [0.717, 1.165) is 16.6 Å². The van der Waals surface area contributed by atoms with Gasteiger partial charge in [0, 0.05) is 4.88 Å². The normalized spacial score (nSPS) is 11.6. The van der Waals surface area contributed by atoms with E-state index in [1.807, 2.05) is 6.92 Å². The highest BCUT2D eigenvalue weighted by Gasteiger charge is 2.22. The molecule has 0 bridgehead atoms. The molecule has 2 aromatic rings. The van der Waals surface area contributed by atoms with Crippen LogP contribution in [0.15, 0.2) is 23.1 Å². The van der Waals surface area contributed by atoms with Crippen LogP contribution in [0.3, 0.4) is 0 Å². The summed E-state index contributed by atoms with van der Waals surface area (Å²) in [4.78, 5) is 15.9. The summed E-state index contributed by atoms with van der Waals surface area (Å²) in [7, 11) is -3.75. The fraction of sp³-hybridized carbons (Fsp3) is 0.231. The third kappa shape index (κ3) is 3.42. The van der Waals surface area contributed by atoms with Crippen molar-refractivity contribution in [1.82, 2.24) is 4.98 Å². The largest absolute Gasteiger partial charge is 0.478 e. The highest BCUT2D eigenvalue weighted by molar-refractivity contribution is 7.90. The number of carbonyl (C=O) groups is 1. The van der Waals surface area contributed by atoms with Gasteiger partial charge in [0.05, 0.1) is 21.2 Å². The standard InChI is InChI=1S/C13H12ClNO4S2/c1-7-8(2)20-12(15-7)6-21(18,19)11-5-9(13(16)17)3-4-10(11)14/h3-5H,6H2,1-2H3,(H,16,17). The zero-order valence-electron chi connectivity index (χ0n) is 11.3. The van der Waals surface area contributed by atoms with Gasteiger partial charge in [-0.3, -0.25) is 0 Å². The lowest BCUT2D eigenvalue weighted by atomic mass is 10.2. The number of benzene rings is 1. The van der Waals surface area contributed by atoms with Crippen LogP contribution in [0.25, 0.3) is 0 Å². The number of hydrogen-bond donors (Lipinski definition) is 1. The molecule has 0 aliphatic heterocycles. The Morgan fingerprint density at radius 3 is 2.57 bits per heavy atom. The smallest absolute Gasteiger partial charge is 0.335 e. The Labute approximate surface area is 131 Å². The van der Waals surface area contributed by atoms with E-state index in [2.05, 4.69) is 4.98 Å². The Kier molecular flexibility index (Phi) is 4.36. The van der Waals surface area contributed by atoms with E-state index in [-0.39, 0.29) is 21.2 Å². The summed E-state index contributed by atoms with van der Waals surface area (Å²) in [6.45, 7) is 3.67. The summed E-state index contributed by atoms with van der Waals surface area (Å²) < 4.78 is 24.8. The van der Waals surface area contributed by atoms with Crippen molar-refractivity contribution in [3.8, 4) is 0 Å². The second kappa shape index (κ2) is 5.75. The van der Waals surface area contributed by atoms with Gasteiger partial charge >= 0.3 is 5.97 Å². The summed E-state index contributed by atoms with van der Waals surface area (Å²) >= 11 is 7.20. The maximum Gasteiger partial charge on any atom is 0.335 e. The van der Waals surface area contributed by atoms with E-state index in [0.29, 0.717) is 5.01 Å². The first-order valence-electron chi connectivity index (χ1n) is 5.89. The zero-order chi connectivity index (χ0) is 15.8. The highest BCUT2D eigenvalue weighted by atomic mass is 35.5. The van der Waals surface area contributed by atoms with Crippen LogP contribution in [-0.4, -0.2) is 24.5 Å². The van der Waals surface area contributed by atoms with Gasteiger partial charge < -0.3 is 5.11 Å². The summed E-state index contributed by atoms with van der Waals surface area (Å²) in [6, 6.07) is 3.62. The molecule has 0 radical (unpaired) electrons. The lowest BCUT2D eigenvalue weighted by Gasteiger charge is -2.06. The van der Waals surface area contributed by atoms with Crippen molar-refractivity contribution >= 4 is 38.7 Å². The highest BCUT2D eigenvalue weighted by Crippen LogP contribution is 2.28. The van der Waals surface area contributed by atoms with Gasteiger partial charge in [-0.25, -0.2) is 18.2 Å². The molecule has 0 aliphatic rings. The Morgan fingerprint density at radius 1 is 1.38 bits per heavy atom. The van der Waals surface area contributed by atoms with Gasteiger partial charge in [0.2, 0.25) is 0 Å². The van der Waals surface area contributed by atoms with Crippen molar-refractivity contribution in [1.29, 1.82) is 0 Å². The summed E-state index contributed by atoms with van der Waals surface area (Å²) in [6.07, 6.45) is 0. The SMILES string of the molecule is Cc1nc(CS(=O)(=O)c2cc(C(=O)O)ccc2Cl)sc1C. The van der Waals surface area contributed by atoms with Crippen LogP contribution in [0, 0.1) is 13.8 Å². The number of rotatable bonds is 4. The Morgan fingerprint density at radius 2 is 2.05 bits per heavy atom. The van der Waals surface area contributed by atoms with Crippen LogP contribution < -0.4 is 0 Å². The number of sulfone groups is 1. The van der Waals surface area contributed by atoms with Crippen LogP contribution >= 0.6 is 22.9 Å². The van der Waals surface area contributed by atoms with E-state index in [4.69, 9.17) is 16.7 Å². The van der Waals surface area contributed by atoms with Crippen LogP contribution in [0.1, 0.15) is 25.9 Å². The predicted octanol–water partition coefficient (Wildman–Crippen LogP) is 3.09. The molecule has 5 nitrogen and oxygen atoms in total. The van der Waals surface area contributed by atoms with Crippen LogP contribution in [0.2, 0.25) is 5.02 Å². The molecule has 1 heterocycles. The first-order chi connectivity index (χ1) is 9.70. The van der Waals surface area contributed by atoms with Gasteiger partial charge in [-0.1, -0.05) is 11.6 Å². The monoisotopic (exact) mass is 345 g/mol. The molecule has 21 heavy (non-hydrogen) atoms. The van der Waals surface area contributed by atoms with E-state index < -0.39 is 15.8 Å². The maximum atomic E-state index is 12.4. The van der Waals surface area contributed by atoms with Gasteiger partial charge in [0.15, 0.2) is 9.84 Å². The molecule has 0 saturated heterocycles. The minimum atomic E-state index is -3.75. The molecule has 0 atom stereocenters. The number of aromatic carboxylic acids is 1. The number of aryl methyl sites for hydroxylation is 2. The zero-order valence-corrected chi connectivity index (χ0v) is 13.6. The number of halogens is 1. The summed E-state index contributed by atoms with van der Waals surface area (Å²) in [5.41, 5.74) is 0.667. The topological polar surface area (TPSA) is 84.3 Å². The van der Waals surface area contributed by atoms with Gasteiger partial charge in [-0.15, -0.1) is 11.3 Å². The van der Waals surface area contributed by atoms with Crippen LogP contribution in [0.5, 0.6) is 0 Å². The van der Waals surface area contributed by atoms with Crippen molar-refractivity contribution in [2.45, 2.75) is 24.5 Å². The first-order valence-corrected chi connectivity index (χ1v) is 8.74. The molecule has 0 spiro atoms. The quantitative estimate of drug-likeness (QED) is 0.920. The number of carboxylic acid groups (broad SMARTS) is 1. The molecule has 0 saturated carbocycles. The van der Waals surface area contributed by atoms with Crippen molar-refractivity contribution in [3.63, 3.8) is 0 Å². The van der Waals surface area contributed by atoms with Gasteiger partial charge in [0.1, 0.15) is 10.8 Å². The molecule has 0 aliphatic carbocycles. The number of thiazole rings is 1. The Hall–Kier alpha value is -1.44. The van der Waals surface area contributed by atoms with E-state index >= 15 is 0 Å². The molecule has 1 aromatic heterocycles. The molecule has 0 amide bonds. The molecule has 1 N–H and O–H groups in total. The average Bonchev–Trinajstić information content (AvgIpc) is 2.67. The van der Waals surface area contributed by atoms with Crippen molar-refractivity contribution in [3.05, 3.63) is 44.4 Å².